The number of allylic oxidation sites excluding steroid dienone is 5. The van der Waals surface area contributed by atoms with Crippen LogP contribution in [-0.2, 0) is 4.79 Å². The molecule has 0 aromatic carbocycles. The lowest BCUT2D eigenvalue weighted by Gasteiger charge is -2.19. The number of amides is 1. The molecule has 0 radical (unpaired) electrons. The highest BCUT2D eigenvalue weighted by atomic mass is 16.3. The minimum absolute atomic E-state index is 0.0835. The molecule has 0 aromatic rings. The molecule has 0 bridgehead atoms. The summed E-state index contributed by atoms with van der Waals surface area (Å²) in [5.74, 6) is -0.0835. The van der Waals surface area contributed by atoms with Gasteiger partial charge in [-0.1, -0.05) is 204 Å². The average Bonchev–Trinajstić information content (AvgIpc) is 3.09. The van der Waals surface area contributed by atoms with Crippen molar-refractivity contribution in [2.24, 2.45) is 0 Å². The summed E-state index contributed by atoms with van der Waals surface area (Å²) in [5.41, 5.74) is 0. The number of hydrogen-bond acceptors (Lipinski definition) is 3. The van der Waals surface area contributed by atoms with Crippen LogP contribution in [0.1, 0.15) is 219 Å². The molecule has 4 heteroatoms. The molecule has 0 saturated heterocycles. The van der Waals surface area contributed by atoms with E-state index >= 15 is 0 Å². The first-order chi connectivity index (χ1) is 23.7. The number of rotatable bonds is 38. The fourth-order valence-electron chi connectivity index (χ4n) is 6.33. The minimum Gasteiger partial charge on any atom is -0.394 e. The lowest BCUT2D eigenvalue weighted by Crippen LogP contribution is -2.45. The number of aliphatic hydroxyl groups is 2. The second kappa shape index (κ2) is 40.0. The summed E-state index contributed by atoms with van der Waals surface area (Å²) in [5, 5.41) is 22.8. The molecule has 0 aromatic heterocycles. The van der Waals surface area contributed by atoms with Crippen molar-refractivity contribution in [1.29, 1.82) is 0 Å². The summed E-state index contributed by atoms with van der Waals surface area (Å²) >= 11 is 0. The molecule has 0 aliphatic heterocycles. The van der Waals surface area contributed by atoms with Crippen LogP contribution >= 0.6 is 0 Å². The standard InChI is InChI=1S/C44H83NO3/c1-3-5-7-9-11-13-14-15-16-17-18-19-20-21-22-23-24-25-26-27-28-29-30-31-32-33-35-37-39-43(47)42(41-46)45-44(48)40-38-36-34-12-10-8-6-4-2/h27-28,31-32,37,39,42-43,46-47H,3-26,29-30,33-36,38,40-41H2,1-2H3,(H,45,48)/b28-27+,32-31+,39-37+. The van der Waals surface area contributed by atoms with E-state index in [1.165, 1.54) is 161 Å². The zero-order valence-corrected chi connectivity index (χ0v) is 32.3. The smallest absolute Gasteiger partial charge is 0.220 e. The third-order valence-corrected chi connectivity index (χ3v) is 9.60. The Morgan fingerprint density at radius 2 is 0.812 bits per heavy atom. The molecule has 282 valence electrons. The van der Waals surface area contributed by atoms with Crippen LogP contribution in [0.3, 0.4) is 0 Å². The summed E-state index contributed by atoms with van der Waals surface area (Å²) < 4.78 is 0. The van der Waals surface area contributed by atoms with E-state index in [1.54, 1.807) is 6.08 Å². The molecule has 48 heavy (non-hydrogen) atoms. The van der Waals surface area contributed by atoms with Gasteiger partial charge in [-0.05, 0) is 44.9 Å². The molecule has 0 spiro atoms. The van der Waals surface area contributed by atoms with E-state index in [4.69, 9.17) is 0 Å². The highest BCUT2D eigenvalue weighted by Crippen LogP contribution is 2.15. The van der Waals surface area contributed by atoms with Crippen LogP contribution in [0.2, 0.25) is 0 Å². The molecule has 3 N–H and O–H groups in total. The topological polar surface area (TPSA) is 69.6 Å². The number of unbranched alkanes of at least 4 members (excludes halogenated alkanes) is 27. The van der Waals surface area contributed by atoms with Gasteiger partial charge < -0.3 is 15.5 Å². The van der Waals surface area contributed by atoms with E-state index in [1.807, 2.05) is 6.08 Å². The molecule has 0 aliphatic rings. The highest BCUT2D eigenvalue weighted by Gasteiger charge is 2.17. The van der Waals surface area contributed by atoms with Crippen molar-refractivity contribution >= 4 is 5.91 Å². The Morgan fingerprint density at radius 1 is 0.479 bits per heavy atom. The van der Waals surface area contributed by atoms with Gasteiger partial charge in [0.15, 0.2) is 0 Å². The fourth-order valence-corrected chi connectivity index (χ4v) is 6.33. The van der Waals surface area contributed by atoms with Crippen molar-refractivity contribution in [3.05, 3.63) is 36.5 Å². The monoisotopic (exact) mass is 674 g/mol. The number of carbonyl (C=O) groups excluding carboxylic acids is 1. The normalized spacial score (nSPS) is 13.3. The van der Waals surface area contributed by atoms with Crippen molar-refractivity contribution in [2.75, 3.05) is 6.61 Å². The van der Waals surface area contributed by atoms with Gasteiger partial charge in [-0.3, -0.25) is 4.79 Å². The maximum absolute atomic E-state index is 12.2. The first-order valence-electron chi connectivity index (χ1n) is 21.2. The molecule has 0 saturated carbocycles. The summed E-state index contributed by atoms with van der Waals surface area (Å²) in [6, 6.07) is -0.640. The Bertz CT molecular complexity index is 731. The molecule has 2 unspecified atom stereocenters. The summed E-state index contributed by atoms with van der Waals surface area (Å²) in [4.78, 5) is 12.2. The summed E-state index contributed by atoms with van der Waals surface area (Å²) in [6.07, 6.45) is 52.8. The minimum atomic E-state index is -0.865. The van der Waals surface area contributed by atoms with Crippen LogP contribution in [-0.4, -0.2) is 34.9 Å². The molecule has 0 aliphatic carbocycles. The lowest BCUT2D eigenvalue weighted by atomic mass is 10.0. The zero-order chi connectivity index (χ0) is 35.0. The van der Waals surface area contributed by atoms with Gasteiger partial charge in [0.25, 0.3) is 0 Å². The van der Waals surface area contributed by atoms with Gasteiger partial charge in [-0.2, -0.15) is 0 Å². The highest BCUT2D eigenvalue weighted by molar-refractivity contribution is 5.76. The van der Waals surface area contributed by atoms with Crippen molar-refractivity contribution in [1.82, 2.24) is 5.32 Å². The van der Waals surface area contributed by atoms with E-state index in [2.05, 4.69) is 43.5 Å². The molecular weight excluding hydrogens is 590 g/mol. The van der Waals surface area contributed by atoms with Gasteiger partial charge in [0, 0.05) is 6.42 Å². The Hall–Kier alpha value is -1.39. The van der Waals surface area contributed by atoms with Gasteiger partial charge in [-0.15, -0.1) is 0 Å². The van der Waals surface area contributed by atoms with E-state index in [9.17, 15) is 15.0 Å². The van der Waals surface area contributed by atoms with Gasteiger partial charge in [0.05, 0.1) is 18.8 Å². The number of aliphatic hydroxyl groups excluding tert-OH is 2. The van der Waals surface area contributed by atoms with Gasteiger partial charge in [-0.25, -0.2) is 0 Å². The van der Waals surface area contributed by atoms with Crippen LogP contribution in [0.4, 0.5) is 0 Å². The average molecular weight is 674 g/mol. The quantitative estimate of drug-likeness (QED) is 0.0451. The predicted molar refractivity (Wildman–Crippen MR) is 212 cm³/mol. The zero-order valence-electron chi connectivity index (χ0n) is 32.3. The van der Waals surface area contributed by atoms with E-state index in [-0.39, 0.29) is 12.5 Å². The first-order valence-corrected chi connectivity index (χ1v) is 21.2. The first kappa shape index (κ1) is 46.6. The Balaban J connectivity index is 3.55. The largest absolute Gasteiger partial charge is 0.394 e. The molecule has 4 nitrogen and oxygen atoms in total. The third-order valence-electron chi connectivity index (χ3n) is 9.60. The fraction of sp³-hybridized carbons (Fsp3) is 0.841. The Morgan fingerprint density at radius 3 is 1.21 bits per heavy atom. The third kappa shape index (κ3) is 35.9. The molecule has 1 amide bonds. The second-order valence-corrected chi connectivity index (χ2v) is 14.4. The van der Waals surface area contributed by atoms with Crippen molar-refractivity contribution in [2.45, 2.75) is 231 Å². The summed E-state index contributed by atoms with van der Waals surface area (Å²) in [6.45, 7) is 4.26. The van der Waals surface area contributed by atoms with Crippen LogP contribution in [0.15, 0.2) is 36.5 Å². The molecular formula is C44H83NO3. The van der Waals surface area contributed by atoms with Crippen molar-refractivity contribution < 1.29 is 15.0 Å². The van der Waals surface area contributed by atoms with Gasteiger partial charge in [0.2, 0.25) is 5.91 Å². The van der Waals surface area contributed by atoms with Crippen LogP contribution in [0, 0.1) is 0 Å². The van der Waals surface area contributed by atoms with Gasteiger partial charge >= 0.3 is 0 Å². The van der Waals surface area contributed by atoms with Crippen LogP contribution in [0.5, 0.6) is 0 Å². The maximum Gasteiger partial charge on any atom is 0.220 e. The summed E-state index contributed by atoms with van der Waals surface area (Å²) in [7, 11) is 0. The predicted octanol–water partition coefficient (Wildman–Crippen LogP) is 13.0. The Labute approximate surface area is 300 Å². The molecule has 0 rings (SSSR count). The van der Waals surface area contributed by atoms with Crippen LogP contribution < -0.4 is 5.32 Å². The van der Waals surface area contributed by atoms with Crippen LogP contribution in [0.25, 0.3) is 0 Å². The molecule has 2 atom stereocenters. The van der Waals surface area contributed by atoms with Gasteiger partial charge in [0.1, 0.15) is 0 Å². The number of nitrogens with one attached hydrogen (secondary N) is 1. The SMILES string of the molecule is CCCCCCCCCCCCCCCCCCCC/C=C/CC/C=C/CC/C=C/C(O)C(CO)NC(=O)CCCCCCCCCC. The second-order valence-electron chi connectivity index (χ2n) is 14.4. The molecule has 0 fully saturated rings. The Kier molecular flexibility index (Phi) is 38.9. The van der Waals surface area contributed by atoms with E-state index in [0.717, 1.165) is 38.5 Å². The van der Waals surface area contributed by atoms with Crippen molar-refractivity contribution in [3.63, 3.8) is 0 Å². The number of carbonyl (C=O) groups is 1. The maximum atomic E-state index is 12.2. The molecule has 0 heterocycles. The van der Waals surface area contributed by atoms with Crippen molar-refractivity contribution in [3.8, 4) is 0 Å². The number of hydrogen-bond donors (Lipinski definition) is 3. The lowest BCUT2D eigenvalue weighted by molar-refractivity contribution is -0.123. The van der Waals surface area contributed by atoms with E-state index in [0.29, 0.717) is 6.42 Å². The van der Waals surface area contributed by atoms with E-state index < -0.39 is 12.1 Å².